The van der Waals surface area contributed by atoms with Gasteiger partial charge in [-0.15, -0.1) is 0 Å². The molecule has 0 saturated heterocycles. The van der Waals surface area contributed by atoms with Gasteiger partial charge in [-0.05, 0) is 30.7 Å². The van der Waals surface area contributed by atoms with Gasteiger partial charge in [-0.3, -0.25) is 0 Å². The van der Waals surface area contributed by atoms with E-state index < -0.39 is 12.9 Å². The molecule has 0 aliphatic carbocycles. The van der Waals surface area contributed by atoms with Crippen molar-refractivity contribution in [1.29, 1.82) is 0 Å². The van der Waals surface area contributed by atoms with Crippen molar-refractivity contribution < 1.29 is 10.1 Å². The third kappa shape index (κ3) is 2.06. The number of imidazole rings is 1. The number of rotatable bonds is 2. The first kappa shape index (κ1) is 10.2. The Morgan fingerprint density at radius 3 is 2.52 bits per heavy atom. The Kier molecular flexibility index (Phi) is 2.33. The van der Waals surface area contributed by atoms with E-state index in [1.807, 2.05) is 74.5 Å². The summed E-state index contributed by atoms with van der Waals surface area (Å²) in [5.41, 5.74) is 4.11. The lowest BCUT2D eigenvalue weighted by Gasteiger charge is -2.10. The van der Waals surface area contributed by atoms with Crippen LogP contribution in [0.4, 0.5) is 0 Å². The average molecular weight is 305 g/mol. The van der Waals surface area contributed by atoms with Crippen LogP contribution in [0.1, 0.15) is 39.8 Å². The van der Waals surface area contributed by atoms with Crippen molar-refractivity contribution in [2.45, 2.75) is 26.7 Å². The van der Waals surface area contributed by atoms with Gasteiger partial charge in [0, 0.05) is 23.5 Å². The van der Waals surface area contributed by atoms with E-state index in [0.717, 1.165) is 28.2 Å². The second-order valence-corrected chi connectivity index (χ2v) is 5.84. The predicted molar refractivity (Wildman–Crippen MR) is 93.8 cm³/mol. The van der Waals surface area contributed by atoms with Crippen molar-refractivity contribution in [2.75, 3.05) is 0 Å². The molecule has 0 radical (unpaired) electrons. The Hall–Kier alpha value is -2.61. The van der Waals surface area contributed by atoms with E-state index >= 15 is 0 Å². The molecule has 1 unspecified atom stereocenters. The predicted octanol–water partition coefficient (Wildman–Crippen LogP) is 4.31. The Balaban J connectivity index is 2.09. The van der Waals surface area contributed by atoms with Crippen molar-refractivity contribution in [3.05, 3.63) is 89.0 Å². The summed E-state index contributed by atoms with van der Waals surface area (Å²) in [4.78, 5) is 0. The molecule has 2 aromatic carbocycles. The minimum atomic E-state index is -2.38. The van der Waals surface area contributed by atoms with Crippen molar-refractivity contribution in [2.24, 2.45) is 0 Å². The number of para-hydroxylation sites is 1. The fourth-order valence-corrected chi connectivity index (χ4v) is 3.26. The second kappa shape index (κ2) is 5.24. The molecule has 3 aromatic rings. The first-order valence-electron chi connectivity index (χ1n) is 9.74. The first-order chi connectivity index (χ1) is 12.7. The number of fused-ring (bicyclic) bond motifs is 1. The Bertz CT molecular complexity index is 1050. The molecule has 1 aliphatic heterocycles. The van der Waals surface area contributed by atoms with Crippen molar-refractivity contribution >= 4 is 6.08 Å². The van der Waals surface area contributed by atoms with Crippen LogP contribution in [-0.2, 0) is 0 Å². The smallest absolute Gasteiger partial charge is 0.217 e. The summed E-state index contributed by atoms with van der Waals surface area (Å²) >= 11 is 0. The molecule has 0 bridgehead atoms. The van der Waals surface area contributed by atoms with E-state index in [0.29, 0.717) is 0 Å². The Morgan fingerprint density at radius 2 is 1.78 bits per heavy atom. The normalized spacial score (nSPS) is 22.2. The molecule has 1 atom stereocenters. The van der Waals surface area contributed by atoms with Crippen LogP contribution in [0.25, 0.3) is 11.8 Å². The van der Waals surface area contributed by atoms with Crippen molar-refractivity contribution in [3.8, 4) is 5.69 Å². The highest BCUT2D eigenvalue weighted by Gasteiger charge is 2.33. The van der Waals surface area contributed by atoms with Crippen LogP contribution < -0.4 is 4.57 Å². The quantitative estimate of drug-likeness (QED) is 0.624. The van der Waals surface area contributed by atoms with Crippen molar-refractivity contribution in [1.82, 2.24) is 4.57 Å². The van der Waals surface area contributed by atoms with E-state index in [9.17, 15) is 0 Å². The zero-order chi connectivity index (χ0) is 19.4. The van der Waals surface area contributed by atoms with E-state index in [2.05, 4.69) is 0 Å². The third-order valence-electron chi connectivity index (χ3n) is 4.44. The number of allylic oxidation sites excluding steroid dienone is 1. The molecule has 23 heavy (non-hydrogen) atoms. The molecule has 1 aromatic heterocycles. The van der Waals surface area contributed by atoms with Gasteiger partial charge in [0.2, 0.25) is 0 Å². The van der Waals surface area contributed by atoms with Crippen LogP contribution in [-0.4, -0.2) is 4.57 Å². The van der Waals surface area contributed by atoms with Gasteiger partial charge in [0.25, 0.3) is 5.82 Å². The van der Waals surface area contributed by atoms with Gasteiger partial charge < -0.3 is 0 Å². The van der Waals surface area contributed by atoms with Gasteiger partial charge >= 0.3 is 0 Å². The summed E-state index contributed by atoms with van der Waals surface area (Å²) in [5, 5.41) is 0. The highest BCUT2D eigenvalue weighted by atomic mass is 15.2. The van der Waals surface area contributed by atoms with Gasteiger partial charge in [-0.2, -0.15) is 4.57 Å². The molecular formula is C21H21N2+. The van der Waals surface area contributed by atoms with Crippen LogP contribution in [0.2, 0.25) is 0 Å². The molecule has 4 rings (SSSR count). The standard InChI is InChI=1S/C21H21N2/c1-15-9-7-8-12-19(15)22-16(2)20-13-14-21(23(20)17(22)3)18-10-5-4-6-11-18/h4-14,21H,1-3H3/q+1/i3D3,21D. The summed E-state index contributed by atoms with van der Waals surface area (Å²) < 4.78 is 37.3. The zero-order valence-electron chi connectivity index (χ0n) is 17.2. The van der Waals surface area contributed by atoms with Gasteiger partial charge in [0.15, 0.2) is 11.4 Å². The number of aromatic nitrogens is 2. The van der Waals surface area contributed by atoms with E-state index in [4.69, 9.17) is 5.48 Å². The summed E-state index contributed by atoms with van der Waals surface area (Å²) in [7, 11) is 0. The van der Waals surface area contributed by atoms with E-state index in [1.54, 1.807) is 15.2 Å². The zero-order valence-corrected chi connectivity index (χ0v) is 13.2. The lowest BCUT2D eigenvalue weighted by molar-refractivity contribution is -0.705. The molecular weight excluding hydrogens is 280 g/mol. The molecule has 2 heterocycles. The van der Waals surface area contributed by atoms with Gasteiger partial charge in [-0.25, -0.2) is 4.57 Å². The third-order valence-corrected chi connectivity index (χ3v) is 4.44. The van der Waals surface area contributed by atoms with Crippen LogP contribution >= 0.6 is 0 Å². The fraction of sp³-hybridized carbons (Fsp3) is 0.190. The minimum Gasteiger partial charge on any atom is -0.217 e. The molecule has 0 amide bonds. The largest absolute Gasteiger partial charge is 0.259 e. The summed E-state index contributed by atoms with van der Waals surface area (Å²) in [6.45, 7) is 1.50. The highest BCUT2D eigenvalue weighted by molar-refractivity contribution is 5.53. The molecule has 2 heteroatoms. The lowest BCUT2D eigenvalue weighted by Crippen LogP contribution is -2.40. The number of hydrogen-bond acceptors (Lipinski definition) is 0. The SMILES string of the molecule is [2H]C([2H])([2H])c1n(-c2ccccc2C)c(C)c2[n+]1C([2H])(c1ccccc1)C=C2. The molecule has 0 N–H and O–H groups in total. The fourth-order valence-electron chi connectivity index (χ4n) is 3.26. The van der Waals surface area contributed by atoms with Gasteiger partial charge in [0.1, 0.15) is 11.7 Å². The maximum Gasteiger partial charge on any atom is 0.259 e. The number of benzene rings is 2. The number of nitrogens with zero attached hydrogens (tertiary/aromatic N) is 2. The first-order valence-corrected chi connectivity index (χ1v) is 7.74. The Morgan fingerprint density at radius 1 is 1.04 bits per heavy atom. The summed E-state index contributed by atoms with van der Waals surface area (Å²) in [5.74, 6) is 0.146. The molecule has 2 nitrogen and oxygen atoms in total. The lowest BCUT2D eigenvalue weighted by atomic mass is 10.1. The Labute approximate surface area is 143 Å². The summed E-state index contributed by atoms with van der Waals surface area (Å²) in [6.07, 6.45) is 3.63. The molecule has 0 saturated carbocycles. The van der Waals surface area contributed by atoms with E-state index in [1.165, 1.54) is 0 Å². The van der Waals surface area contributed by atoms with Crippen molar-refractivity contribution in [3.63, 3.8) is 0 Å². The monoisotopic (exact) mass is 305 g/mol. The van der Waals surface area contributed by atoms with Gasteiger partial charge in [-0.1, -0.05) is 48.5 Å². The summed E-state index contributed by atoms with van der Waals surface area (Å²) in [6, 6.07) is 15.8. The highest BCUT2D eigenvalue weighted by Crippen LogP contribution is 2.28. The number of aryl methyl sites for hydroxylation is 1. The van der Waals surface area contributed by atoms with Crippen LogP contribution in [0.5, 0.6) is 0 Å². The maximum absolute atomic E-state index is 9.16. The minimum absolute atomic E-state index is 0.146. The molecule has 114 valence electrons. The van der Waals surface area contributed by atoms with E-state index in [-0.39, 0.29) is 5.82 Å². The molecule has 0 spiro atoms. The second-order valence-electron chi connectivity index (χ2n) is 5.84. The average Bonchev–Trinajstić information content (AvgIpc) is 3.13. The molecule has 0 fully saturated rings. The van der Waals surface area contributed by atoms with Crippen LogP contribution in [0.15, 0.2) is 60.7 Å². The van der Waals surface area contributed by atoms with Gasteiger partial charge in [0.05, 0.1) is 1.37 Å². The number of hydrogen-bond donors (Lipinski definition) is 0. The molecule has 1 aliphatic rings. The topological polar surface area (TPSA) is 8.81 Å². The van der Waals surface area contributed by atoms with Crippen LogP contribution in [0, 0.1) is 20.7 Å². The van der Waals surface area contributed by atoms with Crippen LogP contribution in [0.3, 0.4) is 0 Å². The maximum atomic E-state index is 9.16.